The summed E-state index contributed by atoms with van der Waals surface area (Å²) in [5.41, 5.74) is 0.551. The van der Waals surface area contributed by atoms with Gasteiger partial charge in [0.05, 0.1) is 17.8 Å². The van der Waals surface area contributed by atoms with Crippen LogP contribution >= 0.6 is 11.6 Å². The van der Waals surface area contributed by atoms with E-state index in [1.54, 1.807) is 10.9 Å². The van der Waals surface area contributed by atoms with Crippen molar-refractivity contribution >= 4 is 17.4 Å². The molecule has 6 heteroatoms. The second-order valence-corrected chi connectivity index (χ2v) is 5.53. The van der Waals surface area contributed by atoms with E-state index in [9.17, 15) is 4.79 Å². The predicted octanol–water partition coefficient (Wildman–Crippen LogP) is 1.71. The summed E-state index contributed by atoms with van der Waals surface area (Å²) in [7, 11) is 3.98. The maximum atomic E-state index is 12.5. The molecule has 0 atom stereocenters. The lowest BCUT2D eigenvalue weighted by Crippen LogP contribution is -2.27. The van der Waals surface area contributed by atoms with Gasteiger partial charge in [0.25, 0.3) is 0 Å². The fourth-order valence-electron chi connectivity index (χ4n) is 2.22. The highest BCUT2D eigenvalue weighted by Gasteiger charge is 2.27. The highest BCUT2D eigenvalue weighted by atomic mass is 35.5. The van der Waals surface area contributed by atoms with Crippen LogP contribution in [0.4, 0.5) is 0 Å². The van der Waals surface area contributed by atoms with Crippen molar-refractivity contribution < 1.29 is 9.53 Å². The molecule has 1 fully saturated rings. The summed E-state index contributed by atoms with van der Waals surface area (Å²) >= 11 is 6.13. The SMILES string of the molecule is CN(C)CCn1ncc(Cl)c1C(=O)C1CCOCC1. The van der Waals surface area contributed by atoms with Gasteiger partial charge >= 0.3 is 0 Å². The van der Waals surface area contributed by atoms with Gasteiger partial charge in [-0.1, -0.05) is 11.6 Å². The minimum absolute atomic E-state index is 0.0149. The molecule has 0 N–H and O–H groups in total. The summed E-state index contributed by atoms with van der Waals surface area (Å²) < 4.78 is 7.01. The number of Topliss-reactive ketones (excluding diaryl/α,β-unsaturated/α-hetero) is 1. The summed E-state index contributed by atoms with van der Waals surface area (Å²) in [6.07, 6.45) is 3.10. The van der Waals surface area contributed by atoms with E-state index in [1.165, 1.54) is 0 Å². The van der Waals surface area contributed by atoms with Gasteiger partial charge in [-0.15, -0.1) is 0 Å². The molecule has 1 aliphatic heterocycles. The number of halogens is 1. The minimum atomic E-state index is 0.0149. The molecule has 0 amide bonds. The lowest BCUT2D eigenvalue weighted by atomic mass is 9.93. The molecule has 0 aliphatic carbocycles. The molecule has 0 bridgehead atoms. The molecule has 19 heavy (non-hydrogen) atoms. The lowest BCUT2D eigenvalue weighted by molar-refractivity contribution is 0.0537. The Bertz CT molecular complexity index is 439. The van der Waals surface area contributed by atoms with Crippen LogP contribution in [0.1, 0.15) is 23.3 Å². The molecule has 0 unspecified atom stereocenters. The first-order chi connectivity index (χ1) is 9.09. The van der Waals surface area contributed by atoms with Gasteiger partial charge in [-0.3, -0.25) is 9.48 Å². The Morgan fingerprint density at radius 1 is 1.53 bits per heavy atom. The number of carbonyl (C=O) groups is 1. The first-order valence-electron chi connectivity index (χ1n) is 6.57. The van der Waals surface area contributed by atoms with E-state index in [4.69, 9.17) is 16.3 Å². The smallest absolute Gasteiger partial charge is 0.185 e. The van der Waals surface area contributed by atoms with E-state index in [2.05, 4.69) is 10.00 Å². The number of likely N-dealkylation sites (N-methyl/N-ethyl adjacent to an activating group) is 1. The number of ether oxygens (including phenoxy) is 1. The molecule has 1 aromatic heterocycles. The van der Waals surface area contributed by atoms with Crippen molar-refractivity contribution in [3.05, 3.63) is 16.9 Å². The average Bonchev–Trinajstić information content (AvgIpc) is 2.78. The topological polar surface area (TPSA) is 47.4 Å². The van der Waals surface area contributed by atoms with Crippen LogP contribution < -0.4 is 0 Å². The first-order valence-corrected chi connectivity index (χ1v) is 6.95. The van der Waals surface area contributed by atoms with Gasteiger partial charge in [0.2, 0.25) is 0 Å². The predicted molar refractivity (Wildman–Crippen MR) is 73.7 cm³/mol. The molecule has 0 aromatic carbocycles. The van der Waals surface area contributed by atoms with Crippen LogP contribution in [0.2, 0.25) is 5.02 Å². The molecule has 106 valence electrons. The minimum Gasteiger partial charge on any atom is -0.381 e. The van der Waals surface area contributed by atoms with Crippen LogP contribution in [0.5, 0.6) is 0 Å². The van der Waals surface area contributed by atoms with Crippen molar-refractivity contribution in [2.45, 2.75) is 19.4 Å². The normalized spacial score (nSPS) is 17.1. The monoisotopic (exact) mass is 285 g/mol. The summed E-state index contributed by atoms with van der Waals surface area (Å²) in [6.45, 7) is 2.80. The number of carbonyl (C=O) groups excluding carboxylic acids is 1. The second-order valence-electron chi connectivity index (χ2n) is 5.12. The molecule has 0 radical (unpaired) electrons. The number of nitrogens with zero attached hydrogens (tertiary/aromatic N) is 3. The third-order valence-electron chi connectivity index (χ3n) is 3.38. The van der Waals surface area contributed by atoms with Crippen LogP contribution in [0.15, 0.2) is 6.20 Å². The molecular formula is C13H20ClN3O2. The van der Waals surface area contributed by atoms with E-state index in [0.29, 0.717) is 30.5 Å². The van der Waals surface area contributed by atoms with Crippen LogP contribution in [0.25, 0.3) is 0 Å². The molecule has 1 saturated heterocycles. The zero-order chi connectivity index (χ0) is 13.8. The van der Waals surface area contributed by atoms with E-state index in [0.717, 1.165) is 19.4 Å². The van der Waals surface area contributed by atoms with Gasteiger partial charge < -0.3 is 9.64 Å². The number of aromatic nitrogens is 2. The molecule has 1 aliphatic rings. The van der Waals surface area contributed by atoms with E-state index < -0.39 is 0 Å². The van der Waals surface area contributed by atoms with Gasteiger partial charge in [-0.2, -0.15) is 5.10 Å². The zero-order valence-corrected chi connectivity index (χ0v) is 12.2. The number of rotatable bonds is 5. The Balaban J connectivity index is 2.13. The van der Waals surface area contributed by atoms with Gasteiger partial charge in [-0.25, -0.2) is 0 Å². The van der Waals surface area contributed by atoms with Crippen LogP contribution in [-0.4, -0.2) is 54.3 Å². The second kappa shape index (κ2) is 6.50. The Kier molecular flexibility index (Phi) is 4.96. The fraction of sp³-hybridized carbons (Fsp3) is 0.692. The third-order valence-corrected chi connectivity index (χ3v) is 3.66. The summed E-state index contributed by atoms with van der Waals surface area (Å²) in [5, 5.41) is 4.66. The molecule has 1 aromatic rings. The Labute approximate surface area is 118 Å². The highest BCUT2D eigenvalue weighted by molar-refractivity contribution is 6.33. The fourth-order valence-corrected chi connectivity index (χ4v) is 2.46. The van der Waals surface area contributed by atoms with Crippen LogP contribution in [0.3, 0.4) is 0 Å². The van der Waals surface area contributed by atoms with Crippen molar-refractivity contribution in [1.82, 2.24) is 14.7 Å². The highest BCUT2D eigenvalue weighted by Crippen LogP contribution is 2.24. The van der Waals surface area contributed by atoms with Gasteiger partial charge in [-0.05, 0) is 26.9 Å². The lowest BCUT2D eigenvalue weighted by Gasteiger charge is -2.21. The van der Waals surface area contributed by atoms with E-state index in [1.807, 2.05) is 14.1 Å². The van der Waals surface area contributed by atoms with E-state index in [-0.39, 0.29) is 11.7 Å². The van der Waals surface area contributed by atoms with Crippen molar-refractivity contribution in [3.63, 3.8) is 0 Å². The Morgan fingerprint density at radius 3 is 2.84 bits per heavy atom. The van der Waals surface area contributed by atoms with Gasteiger partial charge in [0.1, 0.15) is 5.69 Å². The Hall–Kier alpha value is -0.910. The molecular weight excluding hydrogens is 266 g/mol. The quantitative estimate of drug-likeness (QED) is 0.773. The maximum Gasteiger partial charge on any atom is 0.185 e. The number of hydrogen-bond acceptors (Lipinski definition) is 4. The Morgan fingerprint density at radius 2 is 2.21 bits per heavy atom. The molecule has 0 saturated carbocycles. The maximum absolute atomic E-state index is 12.5. The first kappa shape index (κ1) is 14.5. The molecule has 5 nitrogen and oxygen atoms in total. The molecule has 2 rings (SSSR count). The molecule has 2 heterocycles. The van der Waals surface area contributed by atoms with Gasteiger partial charge in [0, 0.05) is 25.7 Å². The van der Waals surface area contributed by atoms with E-state index >= 15 is 0 Å². The standard InChI is InChI=1S/C13H20ClN3O2/c1-16(2)5-6-17-12(11(14)9-15-17)13(18)10-3-7-19-8-4-10/h9-10H,3-8H2,1-2H3. The van der Waals surface area contributed by atoms with Crippen LogP contribution in [0, 0.1) is 5.92 Å². The van der Waals surface area contributed by atoms with Crippen molar-refractivity contribution in [3.8, 4) is 0 Å². The van der Waals surface area contributed by atoms with Crippen molar-refractivity contribution in [2.75, 3.05) is 33.9 Å². The average molecular weight is 286 g/mol. The number of hydrogen-bond donors (Lipinski definition) is 0. The molecule has 0 spiro atoms. The van der Waals surface area contributed by atoms with Gasteiger partial charge in [0.15, 0.2) is 5.78 Å². The van der Waals surface area contributed by atoms with Crippen molar-refractivity contribution in [1.29, 1.82) is 0 Å². The summed E-state index contributed by atoms with van der Waals surface area (Å²) in [4.78, 5) is 14.6. The van der Waals surface area contributed by atoms with Crippen molar-refractivity contribution in [2.24, 2.45) is 5.92 Å². The summed E-state index contributed by atoms with van der Waals surface area (Å²) in [6, 6.07) is 0. The number of ketones is 1. The van der Waals surface area contributed by atoms with Crippen LogP contribution in [-0.2, 0) is 11.3 Å². The largest absolute Gasteiger partial charge is 0.381 e. The zero-order valence-electron chi connectivity index (χ0n) is 11.4. The summed E-state index contributed by atoms with van der Waals surface area (Å²) in [5.74, 6) is 0.116. The third kappa shape index (κ3) is 3.55.